The Morgan fingerprint density at radius 3 is 1.65 bits per heavy atom. The minimum Gasteiger partial charge on any atom is -0.445 e. The number of fused-ring (bicyclic) bond motifs is 8. The molecule has 46 heavy (non-hydrogen) atoms. The zero-order valence-electron chi connectivity index (χ0n) is 24.8. The molecular formula is C44H26OS. The van der Waals surface area contributed by atoms with Crippen LogP contribution in [0.15, 0.2) is 162 Å². The van der Waals surface area contributed by atoms with Crippen LogP contribution in [-0.2, 0) is 0 Å². The summed E-state index contributed by atoms with van der Waals surface area (Å²) in [6, 6.07) is 57.3. The van der Waals surface area contributed by atoms with E-state index in [-0.39, 0.29) is 0 Å². The fourth-order valence-corrected chi connectivity index (χ4v) is 8.54. The van der Waals surface area contributed by atoms with E-state index in [0.29, 0.717) is 0 Å². The van der Waals surface area contributed by atoms with Crippen LogP contribution in [0.3, 0.4) is 0 Å². The lowest BCUT2D eigenvalue weighted by Crippen LogP contribution is -1.90. The van der Waals surface area contributed by atoms with E-state index < -0.39 is 0 Å². The molecule has 2 heterocycles. The maximum atomic E-state index is 6.38. The summed E-state index contributed by atoms with van der Waals surface area (Å²) < 4.78 is 7.64. The molecule has 8 aromatic carbocycles. The monoisotopic (exact) mass is 602 g/mol. The van der Waals surface area contributed by atoms with Crippen LogP contribution < -0.4 is 0 Å². The summed E-state index contributed by atoms with van der Waals surface area (Å²) >= 11 is 1.73. The van der Waals surface area contributed by atoms with Crippen LogP contribution in [0.4, 0.5) is 0 Å². The molecule has 10 rings (SSSR count). The standard InChI is InChI=1S/C44H26OS/c1-2-11-27(12-3-1)40-33-13-4-6-15-35(33)41(36-16-7-5-14-34(36)40)31-24-22-28-25-30(23-21-29(28)26-31)32-18-10-19-38-42(32)43-37-17-8-9-20-39(37)46-44(43)45-38/h1-26H. The van der Waals surface area contributed by atoms with Gasteiger partial charge in [-0.1, -0.05) is 145 Å². The van der Waals surface area contributed by atoms with Gasteiger partial charge in [0.2, 0.25) is 0 Å². The molecule has 214 valence electrons. The van der Waals surface area contributed by atoms with Gasteiger partial charge in [0.05, 0.1) is 0 Å². The van der Waals surface area contributed by atoms with Crippen LogP contribution in [0.5, 0.6) is 0 Å². The van der Waals surface area contributed by atoms with Gasteiger partial charge >= 0.3 is 0 Å². The molecule has 0 atom stereocenters. The second-order valence-electron chi connectivity index (χ2n) is 12.0. The van der Waals surface area contributed by atoms with E-state index in [2.05, 4.69) is 158 Å². The number of furan rings is 1. The van der Waals surface area contributed by atoms with Gasteiger partial charge in [-0.2, -0.15) is 0 Å². The van der Waals surface area contributed by atoms with Crippen LogP contribution in [0.1, 0.15) is 0 Å². The summed E-state index contributed by atoms with van der Waals surface area (Å²) in [5.74, 6) is 0. The van der Waals surface area contributed by atoms with Gasteiger partial charge in [-0.15, -0.1) is 0 Å². The predicted molar refractivity (Wildman–Crippen MR) is 198 cm³/mol. The molecule has 2 aromatic heterocycles. The Labute approximate surface area is 269 Å². The van der Waals surface area contributed by atoms with Crippen molar-refractivity contribution in [3.8, 4) is 33.4 Å². The van der Waals surface area contributed by atoms with Gasteiger partial charge < -0.3 is 4.42 Å². The maximum absolute atomic E-state index is 6.38. The molecule has 0 unspecified atom stereocenters. The van der Waals surface area contributed by atoms with Crippen molar-refractivity contribution >= 4 is 75.0 Å². The van der Waals surface area contributed by atoms with Crippen molar-refractivity contribution in [1.82, 2.24) is 0 Å². The van der Waals surface area contributed by atoms with E-state index in [1.807, 2.05) is 0 Å². The second kappa shape index (κ2) is 9.90. The summed E-state index contributed by atoms with van der Waals surface area (Å²) in [5, 5.41) is 11.2. The smallest absolute Gasteiger partial charge is 0.190 e. The molecule has 0 aliphatic heterocycles. The van der Waals surface area contributed by atoms with Crippen LogP contribution in [-0.4, -0.2) is 0 Å². The molecule has 0 spiro atoms. The Kier molecular flexibility index (Phi) is 5.51. The Hall–Kier alpha value is -5.70. The summed E-state index contributed by atoms with van der Waals surface area (Å²) in [6.45, 7) is 0. The van der Waals surface area contributed by atoms with Gasteiger partial charge in [-0.25, -0.2) is 0 Å². The van der Waals surface area contributed by atoms with Gasteiger partial charge in [0.1, 0.15) is 5.58 Å². The largest absolute Gasteiger partial charge is 0.445 e. The zero-order chi connectivity index (χ0) is 30.2. The van der Waals surface area contributed by atoms with Crippen LogP contribution in [0, 0.1) is 0 Å². The van der Waals surface area contributed by atoms with E-state index in [4.69, 9.17) is 4.42 Å². The van der Waals surface area contributed by atoms with Gasteiger partial charge in [-0.3, -0.25) is 0 Å². The van der Waals surface area contributed by atoms with E-state index in [9.17, 15) is 0 Å². The summed E-state index contributed by atoms with van der Waals surface area (Å²) in [7, 11) is 0. The molecule has 0 fully saturated rings. The Bertz CT molecular complexity index is 2740. The van der Waals surface area contributed by atoms with Crippen molar-refractivity contribution in [3.63, 3.8) is 0 Å². The molecule has 2 heteroatoms. The minimum absolute atomic E-state index is 0.942. The molecule has 0 saturated heterocycles. The third-order valence-corrected chi connectivity index (χ3v) is 10.5. The lowest BCUT2D eigenvalue weighted by Gasteiger charge is -2.18. The molecule has 0 bridgehead atoms. The molecular weight excluding hydrogens is 577 g/mol. The highest BCUT2D eigenvalue weighted by Gasteiger charge is 2.19. The van der Waals surface area contributed by atoms with E-state index in [1.54, 1.807) is 11.3 Å². The highest BCUT2D eigenvalue weighted by atomic mass is 32.1. The first-order valence-corrected chi connectivity index (χ1v) is 16.5. The quantitative estimate of drug-likeness (QED) is 0.183. The topological polar surface area (TPSA) is 13.1 Å². The molecule has 0 amide bonds. The molecule has 0 aliphatic rings. The number of benzene rings is 8. The molecule has 1 nitrogen and oxygen atoms in total. The highest BCUT2D eigenvalue weighted by Crippen LogP contribution is 2.46. The second-order valence-corrected chi connectivity index (χ2v) is 13.0. The fraction of sp³-hybridized carbons (Fsp3) is 0. The van der Waals surface area contributed by atoms with Crippen molar-refractivity contribution in [2.75, 3.05) is 0 Å². The summed E-state index contributed by atoms with van der Waals surface area (Å²) in [6.07, 6.45) is 0. The fourth-order valence-electron chi connectivity index (χ4n) is 7.47. The molecule has 0 saturated carbocycles. The van der Waals surface area contributed by atoms with Crippen molar-refractivity contribution in [3.05, 3.63) is 158 Å². The third-order valence-electron chi connectivity index (χ3n) is 9.48. The number of rotatable bonds is 3. The van der Waals surface area contributed by atoms with Gasteiger partial charge in [0.15, 0.2) is 4.90 Å². The summed E-state index contributed by atoms with van der Waals surface area (Å²) in [5.41, 5.74) is 8.40. The zero-order valence-corrected chi connectivity index (χ0v) is 25.6. The van der Waals surface area contributed by atoms with E-state index in [0.717, 1.165) is 10.5 Å². The maximum Gasteiger partial charge on any atom is 0.190 e. The van der Waals surface area contributed by atoms with Crippen LogP contribution in [0.25, 0.3) is 97.0 Å². The summed E-state index contributed by atoms with van der Waals surface area (Å²) in [4.78, 5) is 0.992. The average Bonchev–Trinajstić information content (AvgIpc) is 3.66. The molecule has 0 N–H and O–H groups in total. The van der Waals surface area contributed by atoms with Gasteiger partial charge in [0.25, 0.3) is 0 Å². The number of thiophene rings is 1. The molecule has 0 radical (unpaired) electrons. The van der Waals surface area contributed by atoms with Crippen molar-refractivity contribution < 1.29 is 4.42 Å². The molecule has 0 aliphatic carbocycles. The Morgan fingerprint density at radius 1 is 0.391 bits per heavy atom. The normalized spacial score (nSPS) is 11.9. The van der Waals surface area contributed by atoms with E-state index in [1.165, 1.54) is 86.6 Å². The first-order valence-electron chi connectivity index (χ1n) is 15.7. The van der Waals surface area contributed by atoms with E-state index >= 15 is 0 Å². The lowest BCUT2D eigenvalue weighted by molar-refractivity contribution is 0.678. The number of hydrogen-bond acceptors (Lipinski definition) is 2. The predicted octanol–water partition coefficient (Wildman–Crippen LogP) is 13.3. The lowest BCUT2D eigenvalue weighted by atomic mass is 9.85. The van der Waals surface area contributed by atoms with Gasteiger partial charge in [-0.05, 0) is 90.0 Å². The number of hydrogen-bond donors (Lipinski definition) is 0. The van der Waals surface area contributed by atoms with Crippen molar-refractivity contribution in [2.24, 2.45) is 0 Å². The minimum atomic E-state index is 0.942. The third kappa shape index (κ3) is 3.74. The Morgan fingerprint density at radius 2 is 0.957 bits per heavy atom. The van der Waals surface area contributed by atoms with Crippen LogP contribution >= 0.6 is 11.3 Å². The highest BCUT2D eigenvalue weighted by molar-refractivity contribution is 7.25. The van der Waals surface area contributed by atoms with Gasteiger partial charge in [0, 0.05) is 20.9 Å². The van der Waals surface area contributed by atoms with Crippen LogP contribution in [0.2, 0.25) is 0 Å². The first kappa shape index (κ1) is 25.6. The van der Waals surface area contributed by atoms with Crippen molar-refractivity contribution in [1.29, 1.82) is 0 Å². The SMILES string of the molecule is c1ccc(-c2c3ccccc3c(-c3ccc4cc(-c5cccc6oc7sc8ccccc8c7c56)ccc4c3)c3ccccc23)cc1. The Balaban J connectivity index is 1.17. The first-order chi connectivity index (χ1) is 22.8. The average molecular weight is 603 g/mol. The van der Waals surface area contributed by atoms with Crippen molar-refractivity contribution in [2.45, 2.75) is 0 Å². The molecule has 10 aromatic rings.